The summed E-state index contributed by atoms with van der Waals surface area (Å²) in [4.78, 5) is 15.2. The standard InChI is InChI=1S/C33H49NO6Si/c1-29(2,3)40-28(35)34-22-25(32(9,36)33(34)23-37-31(7,8)38-24-33)20-21-39-41(30(4,5)6,26-16-12-10-13-17-26)27-18-14-11-15-19-27/h10-19,25,36H,20-24H2,1-9H3/t25-,32-/m1/s1. The third-order valence-corrected chi connectivity index (χ3v) is 13.8. The van der Waals surface area contributed by atoms with Gasteiger partial charge in [-0.05, 0) is 63.4 Å². The second-order valence-corrected chi connectivity index (χ2v) is 18.6. The summed E-state index contributed by atoms with van der Waals surface area (Å²) in [5.41, 5.74) is -3.05. The predicted octanol–water partition coefficient (Wildman–Crippen LogP) is 5.09. The molecule has 8 heteroatoms. The Labute approximate surface area is 247 Å². The highest BCUT2D eigenvalue weighted by Crippen LogP contribution is 2.48. The first kappa shape index (κ1) is 31.7. The molecule has 41 heavy (non-hydrogen) atoms. The number of carbonyl (C=O) groups excluding carboxylic acids is 1. The van der Waals surface area contributed by atoms with E-state index in [9.17, 15) is 9.90 Å². The van der Waals surface area contributed by atoms with Crippen molar-refractivity contribution < 1.29 is 28.5 Å². The summed E-state index contributed by atoms with van der Waals surface area (Å²) < 4.78 is 25.1. The molecule has 4 rings (SSSR count). The van der Waals surface area contributed by atoms with Crippen LogP contribution in [0.3, 0.4) is 0 Å². The molecule has 0 radical (unpaired) electrons. The van der Waals surface area contributed by atoms with Crippen molar-refractivity contribution in [2.75, 3.05) is 26.4 Å². The summed E-state index contributed by atoms with van der Waals surface area (Å²) >= 11 is 0. The van der Waals surface area contributed by atoms with Crippen molar-refractivity contribution in [3.05, 3.63) is 60.7 Å². The minimum absolute atomic E-state index is 0.151. The maximum absolute atomic E-state index is 13.5. The van der Waals surface area contributed by atoms with Crippen molar-refractivity contribution in [3.63, 3.8) is 0 Å². The smallest absolute Gasteiger partial charge is 0.411 e. The van der Waals surface area contributed by atoms with Gasteiger partial charge < -0.3 is 23.7 Å². The molecule has 0 unspecified atom stereocenters. The lowest BCUT2D eigenvalue weighted by Gasteiger charge is -2.51. The molecule has 1 N–H and O–H groups in total. The van der Waals surface area contributed by atoms with Crippen LogP contribution in [-0.4, -0.2) is 73.3 Å². The summed E-state index contributed by atoms with van der Waals surface area (Å²) in [6.45, 7) is 18.8. The van der Waals surface area contributed by atoms with Crippen LogP contribution in [0, 0.1) is 5.92 Å². The molecule has 2 saturated heterocycles. The van der Waals surface area contributed by atoms with Gasteiger partial charge in [0.2, 0.25) is 0 Å². The third-order valence-electron chi connectivity index (χ3n) is 8.79. The Morgan fingerprint density at radius 2 is 1.41 bits per heavy atom. The number of hydrogen-bond acceptors (Lipinski definition) is 6. The van der Waals surface area contributed by atoms with Gasteiger partial charge in [-0.25, -0.2) is 4.79 Å². The first-order chi connectivity index (χ1) is 19.0. The molecule has 2 aliphatic rings. The fourth-order valence-electron chi connectivity index (χ4n) is 6.40. The van der Waals surface area contributed by atoms with Crippen LogP contribution in [0.4, 0.5) is 4.79 Å². The molecule has 2 fully saturated rings. The largest absolute Gasteiger partial charge is 0.444 e. The van der Waals surface area contributed by atoms with E-state index in [0.29, 0.717) is 19.6 Å². The van der Waals surface area contributed by atoms with Gasteiger partial charge in [-0.15, -0.1) is 0 Å². The molecule has 1 spiro atoms. The summed E-state index contributed by atoms with van der Waals surface area (Å²) in [7, 11) is -2.74. The van der Waals surface area contributed by atoms with E-state index in [2.05, 4.69) is 69.3 Å². The van der Waals surface area contributed by atoms with Gasteiger partial charge in [0.05, 0.1) is 18.8 Å². The lowest BCUT2D eigenvalue weighted by Crippen LogP contribution is -2.69. The molecule has 2 aromatic carbocycles. The molecular formula is C33H49NO6Si. The molecular weight excluding hydrogens is 534 g/mol. The lowest BCUT2D eigenvalue weighted by molar-refractivity contribution is -0.301. The SMILES string of the molecule is CC(C)(C)OC(=O)N1C[C@@H](CCO[Si](c2ccccc2)(c2ccccc2)C(C)(C)C)[C@@](C)(O)C12COC(C)(C)OC2. The van der Waals surface area contributed by atoms with Gasteiger partial charge in [-0.3, -0.25) is 4.90 Å². The van der Waals surface area contributed by atoms with Crippen molar-refractivity contribution in [1.29, 1.82) is 0 Å². The highest BCUT2D eigenvalue weighted by Gasteiger charge is 2.65. The van der Waals surface area contributed by atoms with Crippen molar-refractivity contribution >= 4 is 24.8 Å². The van der Waals surface area contributed by atoms with Gasteiger partial charge in [0.15, 0.2) is 5.79 Å². The molecule has 0 aliphatic carbocycles. The van der Waals surface area contributed by atoms with E-state index in [4.69, 9.17) is 18.6 Å². The zero-order valence-corrected chi connectivity index (χ0v) is 27.3. The fourth-order valence-corrected chi connectivity index (χ4v) is 11.0. The summed E-state index contributed by atoms with van der Waals surface area (Å²) in [5, 5.41) is 14.4. The molecule has 0 aromatic heterocycles. The van der Waals surface area contributed by atoms with Crippen molar-refractivity contribution in [2.45, 2.75) is 96.3 Å². The normalized spacial score (nSPS) is 24.4. The average Bonchev–Trinajstić information content (AvgIpc) is 3.09. The van der Waals surface area contributed by atoms with Gasteiger partial charge >= 0.3 is 6.09 Å². The summed E-state index contributed by atoms with van der Waals surface area (Å²) in [6, 6.07) is 21.1. The van der Waals surface area contributed by atoms with Gasteiger partial charge in [0, 0.05) is 19.1 Å². The van der Waals surface area contributed by atoms with Crippen LogP contribution in [0.15, 0.2) is 60.7 Å². The van der Waals surface area contributed by atoms with Crippen molar-refractivity contribution in [1.82, 2.24) is 4.90 Å². The van der Waals surface area contributed by atoms with Crippen molar-refractivity contribution in [2.24, 2.45) is 5.92 Å². The number of carbonyl (C=O) groups is 1. The minimum atomic E-state index is -2.74. The Morgan fingerprint density at radius 3 is 1.85 bits per heavy atom. The number of nitrogens with zero attached hydrogens (tertiary/aromatic N) is 1. The molecule has 7 nitrogen and oxygen atoms in total. The minimum Gasteiger partial charge on any atom is -0.444 e. The van der Waals surface area contributed by atoms with Crippen LogP contribution < -0.4 is 10.4 Å². The van der Waals surface area contributed by atoms with Crippen LogP contribution in [0.25, 0.3) is 0 Å². The number of likely N-dealkylation sites (tertiary alicyclic amines) is 1. The Kier molecular flexibility index (Phi) is 8.59. The van der Waals surface area contributed by atoms with E-state index in [1.165, 1.54) is 10.4 Å². The Morgan fingerprint density at radius 1 is 0.927 bits per heavy atom. The second-order valence-electron chi connectivity index (χ2n) is 14.2. The van der Waals surface area contributed by atoms with Crippen LogP contribution in [0.5, 0.6) is 0 Å². The predicted molar refractivity (Wildman–Crippen MR) is 164 cm³/mol. The zero-order valence-electron chi connectivity index (χ0n) is 26.3. The number of benzene rings is 2. The third kappa shape index (κ3) is 6.00. The molecule has 1 amide bonds. The number of amides is 1. The van der Waals surface area contributed by atoms with E-state index in [-0.39, 0.29) is 24.2 Å². The van der Waals surface area contributed by atoms with Crippen LogP contribution in [-0.2, 0) is 18.6 Å². The van der Waals surface area contributed by atoms with Gasteiger partial charge in [-0.2, -0.15) is 0 Å². The maximum Gasteiger partial charge on any atom is 0.411 e. The molecule has 2 heterocycles. The second kappa shape index (κ2) is 11.1. The lowest BCUT2D eigenvalue weighted by atomic mass is 9.75. The average molecular weight is 584 g/mol. The number of rotatable bonds is 6. The highest BCUT2D eigenvalue weighted by molar-refractivity contribution is 6.99. The first-order valence-corrected chi connectivity index (χ1v) is 16.6. The molecule has 226 valence electrons. The molecule has 2 aromatic rings. The van der Waals surface area contributed by atoms with Gasteiger partial charge in [0.1, 0.15) is 11.1 Å². The highest BCUT2D eigenvalue weighted by atomic mass is 28.4. The Balaban J connectivity index is 1.65. The quantitative estimate of drug-likeness (QED) is 0.478. The zero-order chi connectivity index (χ0) is 30.3. The van der Waals surface area contributed by atoms with Crippen LogP contribution in [0.2, 0.25) is 5.04 Å². The van der Waals surface area contributed by atoms with Gasteiger partial charge in [0.25, 0.3) is 8.32 Å². The van der Waals surface area contributed by atoms with E-state index < -0.39 is 36.9 Å². The van der Waals surface area contributed by atoms with Crippen LogP contribution in [0.1, 0.15) is 68.7 Å². The monoisotopic (exact) mass is 583 g/mol. The van der Waals surface area contributed by atoms with E-state index in [1.54, 1.807) is 11.8 Å². The van der Waals surface area contributed by atoms with Crippen LogP contribution >= 0.6 is 0 Å². The molecule has 0 saturated carbocycles. The van der Waals surface area contributed by atoms with Crippen molar-refractivity contribution in [3.8, 4) is 0 Å². The molecule has 2 aliphatic heterocycles. The van der Waals surface area contributed by atoms with E-state index >= 15 is 0 Å². The van der Waals surface area contributed by atoms with E-state index in [0.717, 1.165) is 0 Å². The summed E-state index contributed by atoms with van der Waals surface area (Å²) in [5.74, 6) is -1.08. The number of hydrogen-bond donors (Lipinski definition) is 1. The Bertz CT molecular complexity index is 1140. The fraction of sp³-hybridized carbons (Fsp3) is 0.606. The molecule has 0 bridgehead atoms. The van der Waals surface area contributed by atoms with E-state index in [1.807, 2.05) is 46.8 Å². The first-order valence-electron chi connectivity index (χ1n) is 14.7. The number of ether oxygens (including phenoxy) is 3. The summed E-state index contributed by atoms with van der Waals surface area (Å²) in [6.07, 6.45) is 0.0853. The number of aliphatic hydroxyl groups is 1. The van der Waals surface area contributed by atoms with Gasteiger partial charge in [-0.1, -0.05) is 81.4 Å². The maximum atomic E-state index is 13.5. The molecule has 2 atom stereocenters. The Hall–Kier alpha value is -2.23. The topological polar surface area (TPSA) is 77.5 Å².